The molecule has 2 rings (SSSR count). The fraction of sp³-hybridized carbons (Fsp3) is 0.238. The fourth-order valence-corrected chi connectivity index (χ4v) is 1.54. The van der Waals surface area contributed by atoms with Crippen LogP contribution in [0.5, 0.6) is 11.5 Å². The molecule has 0 saturated heterocycles. The Morgan fingerprint density at radius 3 is 1.50 bits per heavy atom. The van der Waals surface area contributed by atoms with Crippen molar-refractivity contribution < 1.29 is 39.2 Å². The van der Waals surface area contributed by atoms with Crippen LogP contribution in [-0.4, -0.2) is 46.1 Å². The van der Waals surface area contributed by atoms with Crippen LogP contribution in [0.3, 0.4) is 0 Å². The molecule has 0 aliphatic rings. The van der Waals surface area contributed by atoms with Crippen molar-refractivity contribution in [2.24, 2.45) is 5.73 Å². The highest BCUT2D eigenvalue weighted by atomic mass is 31.0. The SMILES string of the molecule is CC(=O)Oc1ccccc1C(=O)O.CCC(C)=O.CN.O=C(O)c1ccccc1O.P.P. The topological polar surface area (TPSA) is 164 Å². The van der Waals surface area contributed by atoms with Crippen LogP contribution >= 0.6 is 19.8 Å². The van der Waals surface area contributed by atoms with Crippen LogP contribution in [-0.2, 0) is 9.59 Å². The van der Waals surface area contributed by atoms with E-state index in [0.717, 1.165) is 0 Å². The van der Waals surface area contributed by atoms with Crippen LogP contribution in [0.1, 0.15) is 47.9 Å². The maximum absolute atomic E-state index is 10.6. The van der Waals surface area contributed by atoms with Crippen molar-refractivity contribution in [3.05, 3.63) is 59.7 Å². The molecule has 2 aromatic carbocycles. The van der Waals surface area contributed by atoms with Crippen molar-refractivity contribution >= 4 is 43.5 Å². The number of carboxylic acids is 2. The van der Waals surface area contributed by atoms with Gasteiger partial charge >= 0.3 is 17.9 Å². The number of hydrogen-bond acceptors (Lipinski definition) is 7. The van der Waals surface area contributed by atoms with Crippen LogP contribution in [0.2, 0.25) is 0 Å². The summed E-state index contributed by atoms with van der Waals surface area (Å²) < 4.78 is 4.69. The molecule has 9 nitrogen and oxygen atoms in total. The van der Waals surface area contributed by atoms with E-state index in [1.54, 1.807) is 31.2 Å². The first-order valence-electron chi connectivity index (χ1n) is 8.69. The highest BCUT2D eigenvalue weighted by Gasteiger charge is 2.11. The highest BCUT2D eigenvalue weighted by Crippen LogP contribution is 2.17. The van der Waals surface area contributed by atoms with Gasteiger partial charge in [0.15, 0.2) is 0 Å². The number of para-hydroxylation sites is 2. The lowest BCUT2D eigenvalue weighted by atomic mass is 10.2. The summed E-state index contributed by atoms with van der Waals surface area (Å²) in [5, 5.41) is 26.0. The van der Waals surface area contributed by atoms with Crippen molar-refractivity contribution in [2.45, 2.75) is 27.2 Å². The molecular weight excluding hydrogens is 456 g/mol. The van der Waals surface area contributed by atoms with Gasteiger partial charge in [0, 0.05) is 13.3 Å². The summed E-state index contributed by atoms with van der Waals surface area (Å²) in [6, 6.07) is 11.8. The van der Waals surface area contributed by atoms with Crippen LogP contribution in [0.4, 0.5) is 0 Å². The number of hydrogen-bond donors (Lipinski definition) is 4. The van der Waals surface area contributed by atoms with Gasteiger partial charge in [0.05, 0.1) is 0 Å². The van der Waals surface area contributed by atoms with Crippen molar-refractivity contribution in [3.63, 3.8) is 0 Å². The van der Waals surface area contributed by atoms with Gasteiger partial charge in [-0.05, 0) is 38.2 Å². The number of carbonyl (C=O) groups is 4. The molecule has 180 valence electrons. The van der Waals surface area contributed by atoms with Gasteiger partial charge in [0.1, 0.15) is 28.4 Å². The number of carboxylic acid groups (broad SMARTS) is 2. The third kappa shape index (κ3) is 16.9. The first-order valence-corrected chi connectivity index (χ1v) is 8.69. The Kier molecular flexibility index (Phi) is 24.4. The molecule has 0 aliphatic carbocycles. The summed E-state index contributed by atoms with van der Waals surface area (Å²) in [7, 11) is 1.50. The molecule has 2 atom stereocenters. The van der Waals surface area contributed by atoms with Gasteiger partial charge in [-0.25, -0.2) is 9.59 Å². The zero-order valence-corrected chi connectivity index (χ0v) is 21.5. The van der Waals surface area contributed by atoms with Crippen LogP contribution in [0, 0.1) is 0 Å². The maximum atomic E-state index is 10.6. The Hall–Kier alpha value is -2.86. The van der Waals surface area contributed by atoms with Gasteiger partial charge in [-0.3, -0.25) is 4.79 Å². The number of rotatable bonds is 4. The predicted molar refractivity (Wildman–Crippen MR) is 133 cm³/mol. The van der Waals surface area contributed by atoms with E-state index in [4.69, 9.17) is 15.3 Å². The maximum Gasteiger partial charge on any atom is 0.339 e. The minimum Gasteiger partial charge on any atom is -0.507 e. The number of aromatic carboxylic acids is 2. The van der Waals surface area contributed by atoms with Gasteiger partial charge in [-0.15, -0.1) is 0 Å². The smallest absolute Gasteiger partial charge is 0.339 e. The van der Waals surface area contributed by atoms with Gasteiger partial charge in [0.25, 0.3) is 0 Å². The minimum atomic E-state index is -1.11. The third-order valence-electron chi connectivity index (χ3n) is 3.00. The van der Waals surface area contributed by atoms with Gasteiger partial charge in [-0.2, -0.15) is 19.8 Å². The van der Waals surface area contributed by atoms with E-state index in [2.05, 4.69) is 10.5 Å². The van der Waals surface area contributed by atoms with E-state index in [-0.39, 0.29) is 48.2 Å². The third-order valence-corrected chi connectivity index (χ3v) is 3.00. The van der Waals surface area contributed by atoms with E-state index in [9.17, 15) is 19.2 Å². The lowest BCUT2D eigenvalue weighted by Gasteiger charge is -2.03. The largest absolute Gasteiger partial charge is 0.507 e. The van der Waals surface area contributed by atoms with Gasteiger partial charge < -0.3 is 30.6 Å². The van der Waals surface area contributed by atoms with Gasteiger partial charge in [-0.1, -0.05) is 31.2 Å². The fourth-order valence-electron chi connectivity index (χ4n) is 1.54. The van der Waals surface area contributed by atoms with Crippen molar-refractivity contribution in [2.75, 3.05) is 7.05 Å². The van der Waals surface area contributed by atoms with Crippen LogP contribution < -0.4 is 10.5 Å². The average molecular weight is 489 g/mol. The standard InChI is InChI=1S/C9H8O4.C7H6O3.C4H8O.CH5N.2H3P/c1-6(10)13-8-5-3-2-4-7(8)9(11)12;8-6-4-2-1-3-5(6)7(9)10;1-3-4(2)5;1-2;;/h2-5H,1H3,(H,11,12);1-4,8H,(H,9,10);3H2,1-2H3;2H2,1H3;2*1H3. The predicted octanol–water partition coefficient (Wildman–Crippen LogP) is 3.08. The first-order chi connectivity index (χ1) is 14.1. The zero-order valence-electron chi connectivity index (χ0n) is 18.7. The van der Waals surface area contributed by atoms with Crippen molar-refractivity contribution in [1.29, 1.82) is 0 Å². The molecule has 2 unspecified atom stereocenters. The molecule has 0 amide bonds. The number of carbonyl (C=O) groups excluding carboxylic acids is 2. The normalized spacial score (nSPS) is 8.03. The molecule has 0 spiro atoms. The van der Waals surface area contributed by atoms with E-state index in [0.29, 0.717) is 6.42 Å². The number of Topliss-reactive ketones (excluding diaryl/α,β-unsaturated/α-hetero) is 1. The molecule has 0 radical (unpaired) electrons. The Labute approximate surface area is 194 Å². The number of esters is 1. The first kappa shape index (κ1) is 36.5. The highest BCUT2D eigenvalue weighted by molar-refractivity contribution is 6.92. The summed E-state index contributed by atoms with van der Waals surface area (Å²) in [6.45, 7) is 4.65. The molecule has 0 aromatic heterocycles. The summed E-state index contributed by atoms with van der Waals surface area (Å²) in [5.74, 6) is -2.63. The van der Waals surface area contributed by atoms with E-state index in [1.807, 2.05) is 6.92 Å². The van der Waals surface area contributed by atoms with Crippen LogP contribution in [0.25, 0.3) is 0 Å². The second-order valence-corrected chi connectivity index (χ2v) is 5.27. The molecule has 32 heavy (non-hydrogen) atoms. The van der Waals surface area contributed by atoms with Crippen LogP contribution in [0.15, 0.2) is 48.5 Å². The number of ether oxygens (including phenoxy) is 1. The number of benzene rings is 2. The van der Waals surface area contributed by atoms with Crippen molar-refractivity contribution in [1.82, 2.24) is 0 Å². The molecule has 0 heterocycles. The summed E-state index contributed by atoms with van der Waals surface area (Å²) in [4.78, 5) is 41.3. The number of nitrogens with two attached hydrogens (primary N) is 1. The summed E-state index contributed by atoms with van der Waals surface area (Å²) in [5.41, 5.74) is 4.42. The molecule has 2 aromatic rings. The Morgan fingerprint density at radius 2 is 1.19 bits per heavy atom. The minimum absolute atomic E-state index is 0. The molecule has 5 N–H and O–H groups in total. The second kappa shape index (κ2) is 21.4. The Bertz CT molecular complexity index is 844. The number of phenols is 1. The molecule has 0 aliphatic heterocycles. The van der Waals surface area contributed by atoms with Gasteiger partial charge in [0.2, 0.25) is 0 Å². The Balaban J connectivity index is -0.000000185. The number of ketones is 1. The van der Waals surface area contributed by atoms with E-state index < -0.39 is 17.9 Å². The van der Waals surface area contributed by atoms with E-state index in [1.165, 1.54) is 38.2 Å². The molecule has 0 saturated carbocycles. The quantitative estimate of drug-likeness (QED) is 0.287. The average Bonchev–Trinajstić information content (AvgIpc) is 2.70. The second-order valence-electron chi connectivity index (χ2n) is 5.27. The molecule has 11 heteroatoms. The summed E-state index contributed by atoms with van der Waals surface area (Å²) >= 11 is 0. The molecular formula is C21H33NO8P2. The molecule has 0 fully saturated rings. The van der Waals surface area contributed by atoms with E-state index >= 15 is 0 Å². The zero-order chi connectivity index (χ0) is 23.7. The Morgan fingerprint density at radius 1 is 0.812 bits per heavy atom. The van der Waals surface area contributed by atoms with Crippen molar-refractivity contribution in [3.8, 4) is 11.5 Å². The summed E-state index contributed by atoms with van der Waals surface area (Å²) in [6.07, 6.45) is 0.667. The monoisotopic (exact) mass is 489 g/mol. The lowest BCUT2D eigenvalue weighted by Crippen LogP contribution is -2.06. The lowest BCUT2D eigenvalue weighted by molar-refractivity contribution is -0.131. The molecule has 0 bridgehead atoms. The number of aromatic hydroxyl groups is 1.